The van der Waals surface area contributed by atoms with Crippen LogP contribution in [0.15, 0.2) is 35.7 Å². The zero-order valence-corrected chi connectivity index (χ0v) is 12.7. The van der Waals surface area contributed by atoms with E-state index < -0.39 is 0 Å². The van der Waals surface area contributed by atoms with Crippen LogP contribution in [0.2, 0.25) is 0 Å². The van der Waals surface area contributed by atoms with Crippen molar-refractivity contribution in [3.05, 3.63) is 47.0 Å². The van der Waals surface area contributed by atoms with Crippen LogP contribution < -0.4 is 4.90 Å². The summed E-state index contributed by atoms with van der Waals surface area (Å²) in [7, 11) is 0. The van der Waals surface area contributed by atoms with Crippen LogP contribution in [0.4, 0.5) is 5.13 Å². The third-order valence-electron chi connectivity index (χ3n) is 4.12. The van der Waals surface area contributed by atoms with E-state index in [1.165, 1.54) is 5.56 Å². The molecule has 3 rings (SSSR count). The molecule has 0 radical (unpaired) electrons. The van der Waals surface area contributed by atoms with Crippen LogP contribution in [-0.2, 0) is 6.61 Å². The van der Waals surface area contributed by atoms with E-state index in [-0.39, 0.29) is 12.0 Å². The lowest BCUT2D eigenvalue weighted by Crippen LogP contribution is -2.23. The van der Waals surface area contributed by atoms with Gasteiger partial charge in [-0.15, -0.1) is 11.3 Å². The van der Waals surface area contributed by atoms with Crippen molar-refractivity contribution < 1.29 is 5.11 Å². The van der Waals surface area contributed by atoms with Gasteiger partial charge < -0.3 is 10.0 Å². The quantitative estimate of drug-likeness (QED) is 0.941. The molecular formula is C16H20N2OS. The molecule has 0 amide bonds. The molecule has 1 aliphatic heterocycles. The summed E-state index contributed by atoms with van der Waals surface area (Å²) >= 11 is 1.62. The largest absolute Gasteiger partial charge is 0.390 e. The number of rotatable bonds is 3. The summed E-state index contributed by atoms with van der Waals surface area (Å²) in [6, 6.07) is 10.7. The minimum Gasteiger partial charge on any atom is -0.390 e. The van der Waals surface area contributed by atoms with Gasteiger partial charge in [0.1, 0.15) is 0 Å². The monoisotopic (exact) mass is 288 g/mol. The van der Waals surface area contributed by atoms with Crippen molar-refractivity contribution in [2.24, 2.45) is 5.41 Å². The van der Waals surface area contributed by atoms with Crippen molar-refractivity contribution >= 4 is 16.5 Å². The number of anilines is 1. The maximum atomic E-state index is 9.15. The van der Waals surface area contributed by atoms with E-state index in [2.05, 4.69) is 54.1 Å². The van der Waals surface area contributed by atoms with Gasteiger partial charge in [-0.1, -0.05) is 44.2 Å². The summed E-state index contributed by atoms with van der Waals surface area (Å²) in [6.07, 6.45) is 0. The van der Waals surface area contributed by atoms with Gasteiger partial charge in [-0.2, -0.15) is 0 Å². The van der Waals surface area contributed by atoms with E-state index in [1.54, 1.807) is 11.3 Å². The molecule has 2 aromatic rings. The fraction of sp³-hybridized carbons (Fsp3) is 0.438. The molecule has 20 heavy (non-hydrogen) atoms. The molecule has 1 aromatic heterocycles. The van der Waals surface area contributed by atoms with Gasteiger partial charge in [0.15, 0.2) is 5.13 Å². The molecule has 0 aliphatic carbocycles. The molecule has 1 N–H and O–H groups in total. The number of aromatic nitrogens is 1. The van der Waals surface area contributed by atoms with Crippen LogP contribution in [0.3, 0.4) is 0 Å². The van der Waals surface area contributed by atoms with Crippen LogP contribution in [0.1, 0.15) is 31.0 Å². The predicted molar refractivity (Wildman–Crippen MR) is 83.2 cm³/mol. The lowest BCUT2D eigenvalue weighted by atomic mass is 9.78. The number of nitrogens with zero attached hydrogens (tertiary/aromatic N) is 2. The first-order valence-electron chi connectivity index (χ1n) is 6.95. The molecule has 0 saturated carbocycles. The third kappa shape index (κ3) is 2.45. The lowest BCUT2D eigenvalue weighted by Gasteiger charge is -2.25. The van der Waals surface area contributed by atoms with Crippen LogP contribution in [-0.4, -0.2) is 23.2 Å². The molecule has 1 saturated heterocycles. The average Bonchev–Trinajstić information content (AvgIpc) is 3.03. The smallest absolute Gasteiger partial charge is 0.185 e. The molecule has 0 spiro atoms. The Morgan fingerprint density at radius 1 is 1.35 bits per heavy atom. The number of thiazole rings is 1. The number of aliphatic hydroxyl groups is 1. The fourth-order valence-electron chi connectivity index (χ4n) is 3.04. The molecule has 1 atom stereocenters. The molecule has 3 nitrogen and oxygen atoms in total. The molecule has 1 aliphatic rings. The van der Waals surface area contributed by atoms with E-state index in [9.17, 15) is 0 Å². The van der Waals surface area contributed by atoms with Crippen molar-refractivity contribution in [1.82, 2.24) is 4.98 Å². The highest BCUT2D eigenvalue weighted by Crippen LogP contribution is 2.44. The van der Waals surface area contributed by atoms with Crippen molar-refractivity contribution in [2.75, 3.05) is 18.0 Å². The summed E-state index contributed by atoms with van der Waals surface area (Å²) in [5.41, 5.74) is 2.40. The van der Waals surface area contributed by atoms with E-state index >= 15 is 0 Å². The van der Waals surface area contributed by atoms with Gasteiger partial charge in [-0.25, -0.2) is 4.98 Å². The maximum Gasteiger partial charge on any atom is 0.185 e. The zero-order valence-electron chi connectivity index (χ0n) is 11.9. The fourth-order valence-corrected chi connectivity index (χ4v) is 3.86. The van der Waals surface area contributed by atoms with E-state index in [1.807, 2.05) is 5.38 Å². The van der Waals surface area contributed by atoms with E-state index in [4.69, 9.17) is 5.11 Å². The SMILES string of the molecule is CC1(C)CN(c2nc(CO)cs2)C[C@H]1c1ccccc1. The summed E-state index contributed by atoms with van der Waals surface area (Å²) in [4.78, 5) is 6.85. The third-order valence-corrected chi connectivity index (χ3v) is 5.07. The first-order valence-corrected chi connectivity index (χ1v) is 7.83. The Hall–Kier alpha value is -1.39. The Labute approximate surface area is 123 Å². The predicted octanol–water partition coefficient (Wildman–Crippen LogP) is 3.27. The highest BCUT2D eigenvalue weighted by Gasteiger charge is 2.40. The summed E-state index contributed by atoms with van der Waals surface area (Å²) in [5, 5.41) is 12.1. The van der Waals surface area contributed by atoms with Gasteiger partial charge >= 0.3 is 0 Å². The number of hydrogen-bond acceptors (Lipinski definition) is 4. The van der Waals surface area contributed by atoms with Crippen LogP contribution >= 0.6 is 11.3 Å². The Morgan fingerprint density at radius 3 is 2.75 bits per heavy atom. The van der Waals surface area contributed by atoms with Gasteiger partial charge in [0, 0.05) is 24.4 Å². The van der Waals surface area contributed by atoms with Crippen molar-refractivity contribution in [3.8, 4) is 0 Å². The highest BCUT2D eigenvalue weighted by molar-refractivity contribution is 7.13. The molecule has 0 bridgehead atoms. The zero-order chi connectivity index (χ0) is 14.2. The Kier molecular flexibility index (Phi) is 3.52. The average molecular weight is 288 g/mol. The molecule has 2 heterocycles. The summed E-state index contributed by atoms with van der Waals surface area (Å²) in [6.45, 7) is 6.67. The van der Waals surface area contributed by atoms with E-state index in [0.29, 0.717) is 5.92 Å². The van der Waals surface area contributed by atoms with Crippen LogP contribution in [0.25, 0.3) is 0 Å². The van der Waals surface area contributed by atoms with Crippen molar-refractivity contribution in [2.45, 2.75) is 26.4 Å². The minimum absolute atomic E-state index is 0.0237. The number of aliphatic hydroxyl groups excluding tert-OH is 1. The topological polar surface area (TPSA) is 36.4 Å². The molecule has 4 heteroatoms. The highest BCUT2D eigenvalue weighted by atomic mass is 32.1. The van der Waals surface area contributed by atoms with Gasteiger partial charge in [0.2, 0.25) is 0 Å². The molecular weight excluding hydrogens is 268 g/mol. The Bertz CT molecular complexity index is 579. The van der Waals surface area contributed by atoms with Gasteiger partial charge in [-0.05, 0) is 11.0 Å². The molecule has 1 fully saturated rings. The van der Waals surface area contributed by atoms with Crippen LogP contribution in [0.5, 0.6) is 0 Å². The Balaban J connectivity index is 1.85. The lowest BCUT2D eigenvalue weighted by molar-refractivity contribution is 0.277. The second-order valence-electron chi connectivity index (χ2n) is 6.11. The molecule has 1 aromatic carbocycles. The standard InChI is InChI=1S/C16H20N2OS/c1-16(2)11-18(15-17-13(9-19)10-20-15)8-14(16)12-6-4-3-5-7-12/h3-7,10,14,19H,8-9,11H2,1-2H3/t14-/m0/s1. The first kappa shape index (κ1) is 13.6. The second kappa shape index (κ2) is 5.19. The normalized spacial score (nSPS) is 21.4. The maximum absolute atomic E-state index is 9.15. The minimum atomic E-state index is 0.0237. The number of hydrogen-bond donors (Lipinski definition) is 1. The second-order valence-corrected chi connectivity index (χ2v) is 6.95. The molecule has 106 valence electrons. The van der Waals surface area contributed by atoms with E-state index in [0.717, 1.165) is 23.9 Å². The van der Waals surface area contributed by atoms with Gasteiger partial charge in [0.05, 0.1) is 12.3 Å². The van der Waals surface area contributed by atoms with Gasteiger partial charge in [0.25, 0.3) is 0 Å². The van der Waals surface area contributed by atoms with Crippen molar-refractivity contribution in [1.29, 1.82) is 0 Å². The summed E-state index contributed by atoms with van der Waals surface area (Å²) in [5.74, 6) is 0.519. The summed E-state index contributed by atoms with van der Waals surface area (Å²) < 4.78 is 0. The molecule has 0 unspecified atom stereocenters. The Morgan fingerprint density at radius 2 is 2.10 bits per heavy atom. The first-order chi connectivity index (χ1) is 9.60. The van der Waals surface area contributed by atoms with Crippen molar-refractivity contribution in [3.63, 3.8) is 0 Å². The number of benzene rings is 1. The van der Waals surface area contributed by atoms with Gasteiger partial charge in [-0.3, -0.25) is 0 Å². The van der Waals surface area contributed by atoms with Crippen LogP contribution in [0, 0.1) is 5.41 Å².